The van der Waals surface area contributed by atoms with Gasteiger partial charge in [-0.3, -0.25) is 14.5 Å². The highest BCUT2D eigenvalue weighted by molar-refractivity contribution is 5.67. The van der Waals surface area contributed by atoms with E-state index in [1.54, 1.807) is 0 Å². The van der Waals surface area contributed by atoms with E-state index < -0.39 is 48.7 Å². The fraction of sp³-hybridized carbons (Fsp3) is 0.958. The topological polar surface area (TPSA) is 138 Å². The zero-order valence-electron chi connectivity index (χ0n) is 39.2. The molecule has 0 aromatic rings. The molecule has 1 aliphatic rings. The van der Waals surface area contributed by atoms with Crippen LogP contribution in [0.4, 0.5) is 0 Å². The van der Waals surface area contributed by atoms with Gasteiger partial charge in [0.1, 0.15) is 6.10 Å². The molecule has 8 unspecified atom stereocenters. The Balaban J connectivity index is 2.95. The van der Waals surface area contributed by atoms with Gasteiger partial charge >= 0.3 is 11.9 Å². The maximum Gasteiger partial charge on any atom is 0.303 e. The molecular weight excluding hydrogens is 749 g/mol. The number of nitrogens with zero attached hydrogens (tertiary/aromatic N) is 2. The third kappa shape index (κ3) is 28.1. The monoisotopic (exact) mass is 843 g/mol. The lowest BCUT2D eigenvalue weighted by Gasteiger charge is -2.44. The fourth-order valence-corrected chi connectivity index (χ4v) is 8.53. The second-order valence-electron chi connectivity index (χ2n) is 17.7. The van der Waals surface area contributed by atoms with E-state index in [0.717, 1.165) is 77.3 Å². The van der Waals surface area contributed by atoms with Crippen molar-refractivity contribution < 1.29 is 43.9 Å². The summed E-state index contributed by atoms with van der Waals surface area (Å²) in [4.78, 5) is 28.7. The number of unbranched alkanes of at least 4 members (excludes halogenated alkanes) is 15. The zero-order chi connectivity index (χ0) is 43.7. The molecule has 0 saturated carbocycles. The van der Waals surface area contributed by atoms with Gasteiger partial charge in [-0.1, -0.05) is 150 Å². The lowest BCUT2D eigenvalue weighted by molar-refractivity contribution is -0.290. The Labute approximate surface area is 362 Å². The van der Waals surface area contributed by atoms with Crippen LogP contribution >= 0.6 is 0 Å². The van der Waals surface area contributed by atoms with Gasteiger partial charge in [0.2, 0.25) is 0 Å². The van der Waals surface area contributed by atoms with Crippen molar-refractivity contribution in [3.05, 3.63) is 0 Å². The van der Waals surface area contributed by atoms with E-state index in [4.69, 9.17) is 18.9 Å². The summed E-state index contributed by atoms with van der Waals surface area (Å²) in [6.07, 6.45) is 22.1. The summed E-state index contributed by atoms with van der Waals surface area (Å²) in [6.45, 7) is 17.6. The Kier molecular flexibility index (Phi) is 34.1. The molecule has 0 aromatic carbocycles. The number of aliphatic hydroxyl groups excluding tert-OH is 3. The van der Waals surface area contributed by atoms with Crippen LogP contribution in [0.1, 0.15) is 203 Å². The summed E-state index contributed by atoms with van der Waals surface area (Å²) in [5, 5.41) is 33.4. The van der Waals surface area contributed by atoms with Gasteiger partial charge in [0, 0.05) is 45.9 Å². The summed E-state index contributed by atoms with van der Waals surface area (Å²) >= 11 is 0. The molecule has 8 atom stereocenters. The minimum absolute atomic E-state index is 0.176. The highest BCUT2D eigenvalue weighted by Gasteiger charge is 2.47. The average Bonchev–Trinajstić information content (AvgIpc) is 3.19. The van der Waals surface area contributed by atoms with Gasteiger partial charge in [-0.15, -0.1) is 0 Å². The third-order valence-corrected chi connectivity index (χ3v) is 11.9. The number of aliphatic hydroxyl groups is 3. The van der Waals surface area contributed by atoms with E-state index in [9.17, 15) is 24.9 Å². The van der Waals surface area contributed by atoms with E-state index >= 15 is 0 Å². The van der Waals surface area contributed by atoms with Gasteiger partial charge in [0.15, 0.2) is 12.4 Å². The van der Waals surface area contributed by atoms with E-state index in [0.29, 0.717) is 45.6 Å². The van der Waals surface area contributed by atoms with Crippen LogP contribution in [-0.4, -0.2) is 126 Å². The summed E-state index contributed by atoms with van der Waals surface area (Å²) in [5.41, 5.74) is 0. The largest absolute Gasteiger partial charge is 0.458 e. The number of esters is 2. The summed E-state index contributed by atoms with van der Waals surface area (Å²) in [6, 6.07) is 0. The summed E-state index contributed by atoms with van der Waals surface area (Å²) in [5.74, 6) is -1.11. The molecule has 0 aliphatic carbocycles. The molecule has 1 rings (SSSR count). The standard InChI is InChI=1S/C48H94N2O9/c1-8-12-15-18-21-24-29-42(53)36-49(34-28-35-56-48-47(58-41(7)52)46(57-40(6)51)39(5)45(11-4)59-48)32-27-33-50(37-43(54)30-25-22-19-16-13-9-2)38-44(55)31-26-23-20-17-14-10-3/h39,42-48,53-55H,8-38H2,1-7H3. The molecule has 59 heavy (non-hydrogen) atoms. The highest BCUT2D eigenvalue weighted by Crippen LogP contribution is 2.33. The first-order chi connectivity index (χ1) is 28.4. The Morgan fingerprint density at radius 1 is 0.542 bits per heavy atom. The fourth-order valence-electron chi connectivity index (χ4n) is 8.53. The minimum atomic E-state index is -0.872. The number of carbonyl (C=O) groups excluding carboxylic acids is 2. The molecule has 0 bridgehead atoms. The SMILES string of the molecule is CCCCCCCCC(O)CN(CCCOC1OC(CC)C(C)C(OC(C)=O)C1OC(C)=O)CCCN(CC(O)CCCCCCCC)CC(O)CCCCCCCC. The molecule has 11 heteroatoms. The maximum absolute atomic E-state index is 12.1. The Hall–Kier alpha value is -1.34. The number of rotatable bonds is 39. The first-order valence-corrected chi connectivity index (χ1v) is 24.6. The number of carbonyl (C=O) groups is 2. The molecule has 350 valence electrons. The molecule has 0 amide bonds. The Morgan fingerprint density at radius 2 is 0.932 bits per heavy atom. The van der Waals surface area contributed by atoms with Crippen LogP contribution in [0.25, 0.3) is 0 Å². The molecule has 0 spiro atoms. The second kappa shape index (κ2) is 36.2. The van der Waals surface area contributed by atoms with Crippen molar-refractivity contribution in [3.8, 4) is 0 Å². The highest BCUT2D eigenvalue weighted by atomic mass is 16.7. The lowest BCUT2D eigenvalue weighted by atomic mass is 9.89. The molecule has 1 heterocycles. The van der Waals surface area contributed by atoms with Crippen LogP contribution in [0, 0.1) is 5.92 Å². The van der Waals surface area contributed by atoms with E-state index in [1.807, 2.05) is 13.8 Å². The van der Waals surface area contributed by atoms with Gasteiger partial charge in [-0.05, 0) is 51.6 Å². The molecule has 1 aliphatic heterocycles. The van der Waals surface area contributed by atoms with Crippen molar-refractivity contribution in [2.24, 2.45) is 5.92 Å². The normalized spacial score (nSPS) is 21.2. The summed E-state index contributed by atoms with van der Waals surface area (Å²) in [7, 11) is 0. The van der Waals surface area contributed by atoms with Crippen LogP contribution in [0.3, 0.4) is 0 Å². The maximum atomic E-state index is 12.1. The summed E-state index contributed by atoms with van der Waals surface area (Å²) < 4.78 is 23.8. The molecule has 11 nitrogen and oxygen atoms in total. The van der Waals surface area contributed by atoms with E-state index in [2.05, 4.69) is 30.6 Å². The Bertz CT molecular complexity index is 982. The number of hydrogen-bond acceptors (Lipinski definition) is 11. The van der Waals surface area contributed by atoms with Crippen LogP contribution in [0.5, 0.6) is 0 Å². The van der Waals surface area contributed by atoms with Crippen LogP contribution < -0.4 is 0 Å². The molecule has 1 saturated heterocycles. The third-order valence-electron chi connectivity index (χ3n) is 11.9. The predicted molar refractivity (Wildman–Crippen MR) is 239 cm³/mol. The van der Waals surface area contributed by atoms with Crippen molar-refractivity contribution in [2.45, 2.75) is 245 Å². The molecule has 0 aromatic heterocycles. The zero-order valence-corrected chi connectivity index (χ0v) is 39.2. The van der Waals surface area contributed by atoms with Crippen LogP contribution in [0.2, 0.25) is 0 Å². The smallest absolute Gasteiger partial charge is 0.303 e. The van der Waals surface area contributed by atoms with Crippen molar-refractivity contribution in [1.82, 2.24) is 9.80 Å². The van der Waals surface area contributed by atoms with Crippen molar-refractivity contribution in [3.63, 3.8) is 0 Å². The van der Waals surface area contributed by atoms with Gasteiger partial charge in [-0.2, -0.15) is 0 Å². The van der Waals surface area contributed by atoms with Gasteiger partial charge < -0.3 is 39.2 Å². The minimum Gasteiger partial charge on any atom is -0.458 e. The Morgan fingerprint density at radius 3 is 1.37 bits per heavy atom. The molecular formula is C48H94N2O9. The van der Waals surface area contributed by atoms with Crippen molar-refractivity contribution in [1.29, 1.82) is 0 Å². The molecule has 0 radical (unpaired) electrons. The van der Waals surface area contributed by atoms with E-state index in [-0.39, 0.29) is 12.0 Å². The van der Waals surface area contributed by atoms with Gasteiger partial charge in [0.25, 0.3) is 0 Å². The quantitative estimate of drug-likeness (QED) is 0.0403. The second-order valence-corrected chi connectivity index (χ2v) is 17.7. The van der Waals surface area contributed by atoms with Gasteiger partial charge in [0.05, 0.1) is 31.0 Å². The first kappa shape index (κ1) is 55.7. The van der Waals surface area contributed by atoms with Crippen LogP contribution in [0.15, 0.2) is 0 Å². The van der Waals surface area contributed by atoms with Gasteiger partial charge in [-0.25, -0.2) is 0 Å². The average molecular weight is 843 g/mol. The van der Waals surface area contributed by atoms with Crippen molar-refractivity contribution >= 4 is 11.9 Å². The lowest BCUT2D eigenvalue weighted by Crippen LogP contribution is -2.57. The predicted octanol–water partition coefficient (Wildman–Crippen LogP) is 9.36. The molecule has 1 fully saturated rings. The van der Waals surface area contributed by atoms with Crippen molar-refractivity contribution in [2.75, 3.05) is 45.9 Å². The van der Waals surface area contributed by atoms with Crippen LogP contribution in [-0.2, 0) is 28.5 Å². The van der Waals surface area contributed by atoms with E-state index in [1.165, 1.54) is 90.9 Å². The molecule has 3 N–H and O–H groups in total. The first-order valence-electron chi connectivity index (χ1n) is 24.6. The number of ether oxygens (including phenoxy) is 4. The number of hydrogen-bond donors (Lipinski definition) is 3.